The van der Waals surface area contributed by atoms with Crippen LogP contribution in [-0.4, -0.2) is 36.1 Å². The molecule has 1 aliphatic carbocycles. The van der Waals surface area contributed by atoms with E-state index in [0.717, 1.165) is 5.56 Å². The monoisotopic (exact) mass is 510 g/mol. The molecule has 2 aromatic rings. The molecule has 0 radical (unpaired) electrons. The van der Waals surface area contributed by atoms with Crippen LogP contribution < -0.4 is 23.7 Å². The van der Waals surface area contributed by atoms with Crippen LogP contribution in [0.2, 0.25) is 0 Å². The molecule has 2 atom stereocenters. The third-order valence-electron chi connectivity index (χ3n) is 5.79. The molecule has 4 rings (SSSR count). The molecule has 194 valence electrons. The van der Waals surface area contributed by atoms with Crippen LogP contribution in [-0.2, 0) is 30.3 Å². The van der Waals surface area contributed by atoms with Gasteiger partial charge >= 0.3 is 23.9 Å². The van der Waals surface area contributed by atoms with E-state index in [-0.39, 0.29) is 41.8 Å². The van der Waals surface area contributed by atoms with Gasteiger partial charge in [-0.3, -0.25) is 19.2 Å². The van der Waals surface area contributed by atoms with Crippen molar-refractivity contribution in [3.05, 3.63) is 53.3 Å². The third kappa shape index (κ3) is 5.00. The number of rotatable bonds is 6. The maximum atomic E-state index is 12.2. The average Bonchev–Trinajstić information content (AvgIpc) is 3.06. The molecule has 0 saturated carbocycles. The predicted octanol–water partition coefficient (Wildman–Crippen LogP) is 3.76. The lowest BCUT2D eigenvalue weighted by Gasteiger charge is -2.40. The Morgan fingerprint density at radius 1 is 0.811 bits per heavy atom. The van der Waals surface area contributed by atoms with Crippen LogP contribution in [0.4, 0.5) is 0 Å². The second-order valence-corrected chi connectivity index (χ2v) is 8.95. The van der Waals surface area contributed by atoms with Gasteiger partial charge in [-0.1, -0.05) is 12.6 Å². The van der Waals surface area contributed by atoms with E-state index in [2.05, 4.69) is 6.58 Å². The van der Waals surface area contributed by atoms with Crippen molar-refractivity contribution < 1.29 is 47.6 Å². The van der Waals surface area contributed by atoms with Crippen molar-refractivity contribution in [3.8, 4) is 28.7 Å². The van der Waals surface area contributed by atoms with Crippen molar-refractivity contribution in [1.29, 1.82) is 0 Å². The van der Waals surface area contributed by atoms with Gasteiger partial charge in [0.05, 0.1) is 11.7 Å². The van der Waals surface area contributed by atoms with Crippen molar-refractivity contribution in [3.63, 3.8) is 0 Å². The number of carbonyl (C=O) groups excluding carboxylic acids is 4. The Hall–Kier alpha value is -4.34. The number of fused-ring (bicyclic) bond motifs is 5. The summed E-state index contributed by atoms with van der Waals surface area (Å²) >= 11 is 0. The summed E-state index contributed by atoms with van der Waals surface area (Å²) in [6, 6.07) is 6.51. The fourth-order valence-corrected chi connectivity index (χ4v) is 4.85. The summed E-state index contributed by atoms with van der Waals surface area (Å²) in [7, 11) is 0. The first-order valence-electron chi connectivity index (χ1n) is 11.4. The Bertz CT molecular complexity index is 1340. The lowest BCUT2D eigenvalue weighted by Crippen LogP contribution is -2.47. The molecule has 2 aromatic carbocycles. The highest BCUT2D eigenvalue weighted by Crippen LogP contribution is 2.57. The minimum absolute atomic E-state index is 0.00506. The van der Waals surface area contributed by atoms with Gasteiger partial charge in [0.15, 0.2) is 28.6 Å². The summed E-state index contributed by atoms with van der Waals surface area (Å²) in [5.41, 5.74) is 0.853. The Labute approximate surface area is 213 Å². The van der Waals surface area contributed by atoms with Crippen molar-refractivity contribution in [2.75, 3.05) is 6.61 Å². The summed E-state index contributed by atoms with van der Waals surface area (Å²) in [5.74, 6) is -1.97. The number of ether oxygens (including phenoxy) is 6. The number of carbonyl (C=O) groups is 4. The lowest BCUT2D eigenvalue weighted by atomic mass is 9.80. The standard InChI is InChI=1S/C27H26O10/c1-13(2)33-22-9-18-11-27(37-17(6)31)12-32-25-19(24(27)20(18)10-23(22)35-15(4)29)7-8-21(34-14(3)28)26(25)36-16(5)30/h7-10,24H,1,11-12H2,2-6H3/t24-,27+/m0/s1. The van der Waals surface area contributed by atoms with E-state index in [1.54, 1.807) is 25.1 Å². The van der Waals surface area contributed by atoms with Gasteiger partial charge in [0.1, 0.15) is 6.61 Å². The van der Waals surface area contributed by atoms with Crippen LogP contribution in [0.15, 0.2) is 36.6 Å². The number of esters is 4. The zero-order valence-electron chi connectivity index (χ0n) is 21.1. The Morgan fingerprint density at radius 2 is 1.43 bits per heavy atom. The van der Waals surface area contributed by atoms with Crippen molar-refractivity contribution in [2.45, 2.75) is 52.6 Å². The molecule has 0 amide bonds. The van der Waals surface area contributed by atoms with Gasteiger partial charge in [-0.25, -0.2) is 0 Å². The van der Waals surface area contributed by atoms with Gasteiger partial charge in [0.25, 0.3) is 0 Å². The van der Waals surface area contributed by atoms with Gasteiger partial charge in [-0.05, 0) is 36.2 Å². The van der Waals surface area contributed by atoms with Crippen LogP contribution in [0.1, 0.15) is 57.2 Å². The first kappa shape index (κ1) is 25.7. The highest BCUT2D eigenvalue weighted by atomic mass is 16.6. The molecule has 10 nitrogen and oxygen atoms in total. The molecule has 37 heavy (non-hydrogen) atoms. The van der Waals surface area contributed by atoms with Crippen molar-refractivity contribution >= 4 is 23.9 Å². The van der Waals surface area contributed by atoms with Gasteiger partial charge in [-0.15, -0.1) is 0 Å². The van der Waals surface area contributed by atoms with E-state index in [1.807, 2.05) is 0 Å². The molecule has 0 bridgehead atoms. The van der Waals surface area contributed by atoms with Gasteiger partial charge < -0.3 is 28.4 Å². The summed E-state index contributed by atoms with van der Waals surface area (Å²) < 4.78 is 33.7. The van der Waals surface area contributed by atoms with Crippen LogP contribution >= 0.6 is 0 Å². The topological polar surface area (TPSA) is 124 Å². The zero-order valence-corrected chi connectivity index (χ0v) is 21.1. The Kier molecular flexibility index (Phi) is 6.68. The smallest absolute Gasteiger partial charge is 0.308 e. The minimum Gasteiger partial charge on any atom is -0.485 e. The second-order valence-electron chi connectivity index (χ2n) is 8.95. The molecule has 0 saturated heterocycles. The SMILES string of the molecule is C=C(C)Oc1cc2c(cc1OC(C)=O)[C@@H]1c3ccc(OC(C)=O)c(OC(C)=O)c3OC[C@]1(OC(C)=O)C2. The predicted molar refractivity (Wildman–Crippen MR) is 128 cm³/mol. The Balaban J connectivity index is 1.95. The molecular formula is C27H26O10. The highest BCUT2D eigenvalue weighted by molar-refractivity contribution is 5.77. The number of hydrogen-bond donors (Lipinski definition) is 0. The van der Waals surface area contributed by atoms with Crippen LogP contribution in [0, 0.1) is 0 Å². The Morgan fingerprint density at radius 3 is 2.03 bits per heavy atom. The van der Waals surface area contributed by atoms with E-state index in [1.165, 1.54) is 33.8 Å². The normalized spacial score (nSPS) is 18.8. The van der Waals surface area contributed by atoms with Crippen molar-refractivity contribution in [1.82, 2.24) is 0 Å². The number of benzene rings is 2. The minimum atomic E-state index is -1.15. The molecule has 0 spiro atoms. The van der Waals surface area contributed by atoms with Crippen molar-refractivity contribution in [2.24, 2.45) is 0 Å². The molecule has 1 heterocycles. The van der Waals surface area contributed by atoms with E-state index in [9.17, 15) is 19.2 Å². The number of hydrogen-bond acceptors (Lipinski definition) is 10. The second kappa shape index (κ2) is 9.61. The van der Waals surface area contributed by atoms with Gasteiger partial charge in [0, 0.05) is 39.7 Å². The first-order valence-corrected chi connectivity index (χ1v) is 11.4. The average molecular weight is 510 g/mol. The molecule has 2 aliphatic rings. The molecule has 1 aliphatic heterocycles. The third-order valence-corrected chi connectivity index (χ3v) is 5.79. The molecule has 10 heteroatoms. The number of allylic oxidation sites excluding steroid dienone is 1. The van der Waals surface area contributed by atoms with E-state index < -0.39 is 35.4 Å². The summed E-state index contributed by atoms with van der Waals surface area (Å²) in [4.78, 5) is 47.6. The van der Waals surface area contributed by atoms with E-state index in [4.69, 9.17) is 28.4 Å². The molecule has 0 N–H and O–H groups in total. The largest absolute Gasteiger partial charge is 0.485 e. The highest BCUT2D eigenvalue weighted by Gasteiger charge is 2.55. The maximum absolute atomic E-state index is 12.2. The molecule has 0 aromatic heterocycles. The fourth-order valence-electron chi connectivity index (χ4n) is 4.85. The summed E-state index contributed by atoms with van der Waals surface area (Å²) in [6.07, 6.45) is 0.271. The van der Waals surface area contributed by atoms with Crippen LogP contribution in [0.3, 0.4) is 0 Å². The maximum Gasteiger partial charge on any atom is 0.308 e. The summed E-state index contributed by atoms with van der Waals surface area (Å²) in [6.45, 7) is 10.3. The van der Waals surface area contributed by atoms with Crippen LogP contribution in [0.5, 0.6) is 28.7 Å². The van der Waals surface area contributed by atoms with E-state index in [0.29, 0.717) is 16.9 Å². The molecule has 0 unspecified atom stereocenters. The quantitative estimate of drug-likeness (QED) is 0.322. The zero-order chi connectivity index (χ0) is 27.1. The van der Waals surface area contributed by atoms with Gasteiger partial charge in [0.2, 0.25) is 5.75 Å². The molecular weight excluding hydrogens is 484 g/mol. The molecule has 0 fully saturated rings. The van der Waals surface area contributed by atoms with Crippen LogP contribution in [0.25, 0.3) is 0 Å². The fraction of sp³-hybridized carbons (Fsp3) is 0.333. The van der Waals surface area contributed by atoms with E-state index >= 15 is 0 Å². The summed E-state index contributed by atoms with van der Waals surface area (Å²) in [5, 5.41) is 0. The van der Waals surface area contributed by atoms with Gasteiger partial charge in [-0.2, -0.15) is 0 Å². The lowest BCUT2D eigenvalue weighted by molar-refractivity contribution is -0.162. The first-order chi connectivity index (χ1) is 17.4.